The lowest BCUT2D eigenvalue weighted by Crippen LogP contribution is -2.32. The summed E-state index contributed by atoms with van der Waals surface area (Å²) in [5.74, 6) is -0.136. The van der Waals surface area contributed by atoms with E-state index in [1.165, 1.54) is 10.6 Å². The van der Waals surface area contributed by atoms with Crippen molar-refractivity contribution in [2.24, 2.45) is 0 Å². The SMILES string of the molecule is CCN(C(=O)c1ccc(=O)n(Cc2ccc(Cl)cc2)c1)c1ccccc1. The van der Waals surface area contributed by atoms with Crippen LogP contribution in [0.15, 0.2) is 77.7 Å². The first-order valence-electron chi connectivity index (χ1n) is 8.40. The van der Waals surface area contributed by atoms with Crippen LogP contribution in [0.4, 0.5) is 5.69 Å². The zero-order chi connectivity index (χ0) is 18.5. The van der Waals surface area contributed by atoms with Gasteiger partial charge in [-0.1, -0.05) is 41.9 Å². The van der Waals surface area contributed by atoms with Crippen molar-refractivity contribution in [2.75, 3.05) is 11.4 Å². The van der Waals surface area contributed by atoms with Gasteiger partial charge in [0.15, 0.2) is 0 Å². The second-order valence-electron chi connectivity index (χ2n) is 5.90. The molecule has 0 saturated heterocycles. The number of rotatable bonds is 5. The minimum Gasteiger partial charge on any atom is -0.310 e. The van der Waals surface area contributed by atoms with Crippen LogP contribution < -0.4 is 10.5 Å². The molecule has 3 aromatic rings. The van der Waals surface area contributed by atoms with E-state index < -0.39 is 0 Å². The van der Waals surface area contributed by atoms with Crippen LogP contribution in [0, 0.1) is 0 Å². The zero-order valence-electron chi connectivity index (χ0n) is 14.4. The molecule has 0 aliphatic carbocycles. The van der Waals surface area contributed by atoms with Crippen molar-refractivity contribution in [1.82, 2.24) is 4.57 Å². The van der Waals surface area contributed by atoms with Gasteiger partial charge in [-0.15, -0.1) is 0 Å². The Bertz CT molecular complexity index is 950. The van der Waals surface area contributed by atoms with Crippen molar-refractivity contribution in [1.29, 1.82) is 0 Å². The van der Waals surface area contributed by atoms with Crippen LogP contribution in [0.3, 0.4) is 0 Å². The molecule has 0 atom stereocenters. The quantitative estimate of drug-likeness (QED) is 0.678. The van der Waals surface area contributed by atoms with Gasteiger partial charge in [0.1, 0.15) is 0 Å². The molecule has 0 saturated carbocycles. The molecular formula is C21H19ClN2O2. The Labute approximate surface area is 157 Å². The van der Waals surface area contributed by atoms with E-state index in [4.69, 9.17) is 11.6 Å². The Morgan fingerprint density at radius 3 is 2.35 bits per heavy atom. The molecular weight excluding hydrogens is 348 g/mol. The third-order valence-corrected chi connectivity index (χ3v) is 4.38. The van der Waals surface area contributed by atoms with Gasteiger partial charge in [-0.25, -0.2) is 0 Å². The highest BCUT2D eigenvalue weighted by molar-refractivity contribution is 6.30. The molecule has 0 bridgehead atoms. The van der Waals surface area contributed by atoms with E-state index in [0.717, 1.165) is 11.3 Å². The summed E-state index contributed by atoms with van der Waals surface area (Å²) in [7, 11) is 0. The number of carbonyl (C=O) groups is 1. The summed E-state index contributed by atoms with van der Waals surface area (Å²) >= 11 is 5.90. The number of carbonyl (C=O) groups excluding carboxylic acids is 1. The minimum absolute atomic E-state index is 0.136. The number of benzene rings is 2. The van der Waals surface area contributed by atoms with E-state index in [1.54, 1.807) is 29.3 Å². The van der Waals surface area contributed by atoms with Crippen LogP contribution in [-0.4, -0.2) is 17.0 Å². The first kappa shape index (κ1) is 18.0. The molecule has 0 unspecified atom stereocenters. The summed E-state index contributed by atoms with van der Waals surface area (Å²) in [6, 6.07) is 19.8. The minimum atomic E-state index is -0.153. The van der Waals surface area contributed by atoms with Crippen LogP contribution in [0.2, 0.25) is 5.02 Å². The highest BCUT2D eigenvalue weighted by Crippen LogP contribution is 2.16. The lowest BCUT2D eigenvalue weighted by atomic mass is 10.2. The zero-order valence-corrected chi connectivity index (χ0v) is 15.2. The molecule has 2 aromatic carbocycles. The van der Waals surface area contributed by atoms with Crippen molar-refractivity contribution in [3.63, 3.8) is 0 Å². The highest BCUT2D eigenvalue weighted by Gasteiger charge is 2.16. The maximum absolute atomic E-state index is 12.9. The second-order valence-corrected chi connectivity index (χ2v) is 6.33. The Balaban J connectivity index is 1.89. The molecule has 0 aliphatic rings. The van der Waals surface area contributed by atoms with Gasteiger partial charge >= 0.3 is 0 Å². The number of para-hydroxylation sites is 1. The number of halogens is 1. The van der Waals surface area contributed by atoms with Crippen molar-refractivity contribution >= 4 is 23.2 Å². The van der Waals surface area contributed by atoms with Crippen LogP contribution in [0.25, 0.3) is 0 Å². The summed E-state index contributed by atoms with van der Waals surface area (Å²) in [6.07, 6.45) is 1.62. The lowest BCUT2D eigenvalue weighted by molar-refractivity contribution is 0.0987. The van der Waals surface area contributed by atoms with Gasteiger partial charge in [0.05, 0.1) is 12.1 Å². The third kappa shape index (κ3) is 4.03. The third-order valence-electron chi connectivity index (χ3n) is 4.13. The number of amides is 1. The summed E-state index contributed by atoms with van der Waals surface area (Å²) in [6.45, 7) is 2.85. The first-order chi connectivity index (χ1) is 12.6. The van der Waals surface area contributed by atoms with E-state index in [2.05, 4.69) is 0 Å². The van der Waals surface area contributed by atoms with E-state index in [9.17, 15) is 9.59 Å². The highest BCUT2D eigenvalue weighted by atomic mass is 35.5. The van der Waals surface area contributed by atoms with Gasteiger partial charge in [0.25, 0.3) is 11.5 Å². The van der Waals surface area contributed by atoms with Crippen LogP contribution in [0.1, 0.15) is 22.8 Å². The van der Waals surface area contributed by atoms with Crippen LogP contribution in [0.5, 0.6) is 0 Å². The van der Waals surface area contributed by atoms with Gasteiger partial charge in [0.2, 0.25) is 0 Å². The molecule has 132 valence electrons. The number of hydrogen-bond acceptors (Lipinski definition) is 2. The molecule has 0 spiro atoms. The van der Waals surface area contributed by atoms with E-state index >= 15 is 0 Å². The Kier molecular flexibility index (Phi) is 5.54. The van der Waals surface area contributed by atoms with Gasteiger partial charge in [0, 0.05) is 29.5 Å². The number of pyridine rings is 1. The molecule has 4 nitrogen and oxygen atoms in total. The molecule has 26 heavy (non-hydrogen) atoms. The smallest absolute Gasteiger partial charge is 0.259 e. The van der Waals surface area contributed by atoms with Gasteiger partial charge < -0.3 is 9.47 Å². The fourth-order valence-electron chi connectivity index (χ4n) is 2.78. The Morgan fingerprint density at radius 1 is 1.00 bits per heavy atom. The number of aromatic nitrogens is 1. The number of nitrogens with zero attached hydrogens (tertiary/aromatic N) is 2. The van der Waals surface area contributed by atoms with Crippen molar-refractivity contribution in [2.45, 2.75) is 13.5 Å². The van der Waals surface area contributed by atoms with Gasteiger partial charge in [-0.3, -0.25) is 9.59 Å². The summed E-state index contributed by atoms with van der Waals surface area (Å²) < 4.78 is 1.54. The number of hydrogen-bond donors (Lipinski definition) is 0. The fourth-order valence-corrected chi connectivity index (χ4v) is 2.90. The van der Waals surface area contributed by atoms with Crippen molar-refractivity contribution < 1.29 is 4.79 Å². The number of anilines is 1. The molecule has 0 N–H and O–H groups in total. The van der Waals surface area contributed by atoms with E-state index in [0.29, 0.717) is 23.7 Å². The standard InChI is InChI=1S/C21H19ClN2O2/c1-2-24(19-6-4-3-5-7-19)21(26)17-10-13-20(25)23(15-17)14-16-8-11-18(22)12-9-16/h3-13,15H,2,14H2,1H3. The van der Waals surface area contributed by atoms with Crippen molar-refractivity contribution in [3.8, 4) is 0 Å². The second kappa shape index (κ2) is 8.02. The molecule has 3 rings (SSSR count). The fraction of sp³-hybridized carbons (Fsp3) is 0.143. The van der Waals surface area contributed by atoms with Crippen molar-refractivity contribution in [3.05, 3.63) is 99.4 Å². The first-order valence-corrected chi connectivity index (χ1v) is 8.78. The molecule has 1 aromatic heterocycles. The predicted molar refractivity (Wildman–Crippen MR) is 105 cm³/mol. The van der Waals surface area contributed by atoms with Gasteiger partial charge in [-0.05, 0) is 42.8 Å². The summed E-state index contributed by atoms with van der Waals surface area (Å²) in [5, 5.41) is 0.645. The molecule has 0 radical (unpaired) electrons. The maximum Gasteiger partial charge on any atom is 0.259 e. The summed E-state index contributed by atoms with van der Waals surface area (Å²) in [5.41, 5.74) is 2.09. The molecule has 0 aliphatic heterocycles. The van der Waals surface area contributed by atoms with E-state index in [1.807, 2.05) is 49.4 Å². The average molecular weight is 367 g/mol. The normalized spacial score (nSPS) is 10.5. The van der Waals surface area contributed by atoms with E-state index in [-0.39, 0.29) is 11.5 Å². The molecule has 1 heterocycles. The molecule has 5 heteroatoms. The summed E-state index contributed by atoms with van der Waals surface area (Å²) in [4.78, 5) is 26.8. The average Bonchev–Trinajstić information content (AvgIpc) is 2.66. The molecule has 0 fully saturated rings. The molecule has 1 amide bonds. The largest absolute Gasteiger partial charge is 0.310 e. The maximum atomic E-state index is 12.9. The van der Waals surface area contributed by atoms with Crippen LogP contribution in [-0.2, 0) is 6.54 Å². The monoisotopic (exact) mass is 366 g/mol. The van der Waals surface area contributed by atoms with Crippen LogP contribution >= 0.6 is 11.6 Å². The van der Waals surface area contributed by atoms with Gasteiger partial charge in [-0.2, -0.15) is 0 Å². The topological polar surface area (TPSA) is 42.3 Å². The Morgan fingerprint density at radius 2 is 1.69 bits per heavy atom. The lowest BCUT2D eigenvalue weighted by Gasteiger charge is -2.21. The predicted octanol–water partition coefficient (Wildman–Crippen LogP) is 4.22. The Hall–Kier alpha value is -2.85.